The van der Waals surface area contributed by atoms with E-state index >= 15 is 0 Å². The molecule has 0 radical (unpaired) electrons. The molecule has 2 rings (SSSR count). The summed E-state index contributed by atoms with van der Waals surface area (Å²) in [6, 6.07) is 13.9. The monoisotopic (exact) mass is 528 g/mol. The molecule has 2 aromatic carbocycles. The van der Waals surface area contributed by atoms with Crippen LogP contribution in [0, 0.1) is 5.82 Å². The number of nitrogens with one attached hydrogen (secondary N) is 3. The molecule has 0 heterocycles. The molecule has 0 aliphatic heterocycles. The Morgan fingerprint density at radius 2 is 1.90 bits per heavy atom. The zero-order valence-electron chi connectivity index (χ0n) is 17.6. The van der Waals surface area contributed by atoms with Gasteiger partial charge in [0.25, 0.3) is 0 Å². The first-order chi connectivity index (χ1) is 14.0. The molecule has 0 aliphatic rings. The molecule has 30 heavy (non-hydrogen) atoms. The maximum Gasteiger partial charge on any atom is 0.221 e. The predicted molar refractivity (Wildman–Crippen MR) is 130 cm³/mol. The van der Waals surface area contributed by atoms with Gasteiger partial charge in [-0.25, -0.2) is 9.38 Å². The lowest BCUT2D eigenvalue weighted by Gasteiger charge is -2.15. The molecule has 6 nitrogen and oxygen atoms in total. The fourth-order valence-corrected chi connectivity index (χ4v) is 2.65. The average Bonchev–Trinajstić information content (AvgIpc) is 2.67. The standard InChI is InChI=1S/C22H29FN4O2.HI/c1-4-24-22(26-15-16(2)29-21-7-5-6-19(23)14-21)25-13-12-18-8-10-20(11-9-18)27-17(3)28;/h5-11,14,16H,4,12-13,15H2,1-3H3,(H,27,28)(H2,24,25,26);1H. The fourth-order valence-electron chi connectivity index (χ4n) is 2.65. The number of amides is 1. The number of halogens is 2. The van der Waals surface area contributed by atoms with Gasteiger partial charge in [-0.3, -0.25) is 4.79 Å². The summed E-state index contributed by atoms with van der Waals surface area (Å²) >= 11 is 0. The highest BCUT2D eigenvalue weighted by molar-refractivity contribution is 14.0. The number of aliphatic imine (C=N–C) groups is 1. The van der Waals surface area contributed by atoms with E-state index in [2.05, 4.69) is 20.9 Å². The van der Waals surface area contributed by atoms with Gasteiger partial charge in [-0.05, 0) is 50.1 Å². The zero-order chi connectivity index (χ0) is 21.1. The molecule has 1 amide bonds. The van der Waals surface area contributed by atoms with Gasteiger partial charge in [0.2, 0.25) is 5.91 Å². The highest BCUT2D eigenvalue weighted by Crippen LogP contribution is 2.14. The van der Waals surface area contributed by atoms with E-state index in [1.807, 2.05) is 38.1 Å². The molecule has 1 unspecified atom stereocenters. The fraction of sp³-hybridized carbons (Fsp3) is 0.364. The maximum atomic E-state index is 13.2. The molecule has 0 saturated heterocycles. The molecular formula is C22H30FIN4O2. The second kappa shape index (κ2) is 13.8. The Bertz CT molecular complexity index is 815. The lowest BCUT2D eigenvalue weighted by Crippen LogP contribution is -2.39. The summed E-state index contributed by atoms with van der Waals surface area (Å²) in [5, 5.41) is 9.26. The van der Waals surface area contributed by atoms with E-state index in [1.54, 1.807) is 12.1 Å². The van der Waals surface area contributed by atoms with E-state index in [1.165, 1.54) is 19.1 Å². The number of rotatable bonds is 9. The third-order valence-electron chi connectivity index (χ3n) is 3.96. The molecule has 8 heteroatoms. The van der Waals surface area contributed by atoms with Crippen molar-refractivity contribution in [3.05, 3.63) is 59.9 Å². The summed E-state index contributed by atoms with van der Waals surface area (Å²) in [7, 11) is 0. The van der Waals surface area contributed by atoms with Crippen LogP contribution in [0.25, 0.3) is 0 Å². The van der Waals surface area contributed by atoms with Crippen molar-refractivity contribution in [2.75, 3.05) is 25.0 Å². The molecule has 0 spiro atoms. The Morgan fingerprint density at radius 3 is 2.53 bits per heavy atom. The number of hydrogen-bond acceptors (Lipinski definition) is 3. The quantitative estimate of drug-likeness (QED) is 0.262. The Labute approximate surface area is 194 Å². The number of hydrogen-bond donors (Lipinski definition) is 3. The van der Waals surface area contributed by atoms with Crippen molar-refractivity contribution < 1.29 is 13.9 Å². The molecule has 0 bridgehead atoms. The summed E-state index contributed by atoms with van der Waals surface area (Å²) in [4.78, 5) is 15.6. The van der Waals surface area contributed by atoms with E-state index in [0.717, 1.165) is 24.2 Å². The van der Waals surface area contributed by atoms with Crippen molar-refractivity contribution in [2.24, 2.45) is 4.99 Å². The first kappa shape index (κ1) is 25.7. The van der Waals surface area contributed by atoms with E-state index < -0.39 is 0 Å². The van der Waals surface area contributed by atoms with E-state index in [-0.39, 0.29) is 41.8 Å². The van der Waals surface area contributed by atoms with Crippen molar-refractivity contribution in [1.29, 1.82) is 0 Å². The SMILES string of the molecule is CCNC(=NCC(C)Oc1cccc(F)c1)NCCc1ccc(NC(C)=O)cc1.I. The molecule has 0 aliphatic carbocycles. The molecule has 3 N–H and O–H groups in total. The summed E-state index contributed by atoms with van der Waals surface area (Å²) in [5.74, 6) is 0.797. The second-order valence-electron chi connectivity index (χ2n) is 6.66. The lowest BCUT2D eigenvalue weighted by atomic mass is 10.1. The summed E-state index contributed by atoms with van der Waals surface area (Å²) in [5.41, 5.74) is 1.95. The molecule has 2 aromatic rings. The van der Waals surface area contributed by atoms with E-state index in [9.17, 15) is 9.18 Å². The van der Waals surface area contributed by atoms with Gasteiger partial charge in [0, 0.05) is 31.8 Å². The first-order valence-corrected chi connectivity index (χ1v) is 9.77. The Kier molecular flexibility index (Phi) is 11.8. The maximum absolute atomic E-state index is 13.2. The van der Waals surface area contributed by atoms with Crippen molar-refractivity contribution >= 4 is 41.5 Å². The minimum atomic E-state index is -0.321. The van der Waals surface area contributed by atoms with Crippen LogP contribution in [0.4, 0.5) is 10.1 Å². The molecular weight excluding hydrogens is 498 g/mol. The largest absolute Gasteiger partial charge is 0.489 e. The van der Waals surface area contributed by atoms with Gasteiger partial charge in [-0.15, -0.1) is 24.0 Å². The normalized spacial score (nSPS) is 11.8. The number of guanidine groups is 1. The van der Waals surface area contributed by atoms with Crippen molar-refractivity contribution in [3.63, 3.8) is 0 Å². The third-order valence-corrected chi connectivity index (χ3v) is 3.96. The van der Waals surface area contributed by atoms with Crippen LogP contribution in [-0.4, -0.2) is 37.6 Å². The van der Waals surface area contributed by atoms with Gasteiger partial charge >= 0.3 is 0 Å². The zero-order valence-corrected chi connectivity index (χ0v) is 19.9. The Morgan fingerprint density at radius 1 is 1.17 bits per heavy atom. The van der Waals surface area contributed by atoms with Gasteiger partial charge in [0.1, 0.15) is 17.7 Å². The van der Waals surface area contributed by atoms with E-state index in [4.69, 9.17) is 4.74 Å². The number of carbonyl (C=O) groups is 1. The van der Waals surface area contributed by atoms with Gasteiger partial charge in [-0.1, -0.05) is 18.2 Å². The molecule has 164 valence electrons. The molecule has 0 fully saturated rings. The summed E-state index contributed by atoms with van der Waals surface area (Å²) in [6.45, 7) is 7.29. The van der Waals surface area contributed by atoms with Gasteiger partial charge in [0.05, 0.1) is 6.54 Å². The van der Waals surface area contributed by atoms with Crippen LogP contribution in [0.5, 0.6) is 5.75 Å². The lowest BCUT2D eigenvalue weighted by molar-refractivity contribution is -0.114. The highest BCUT2D eigenvalue weighted by atomic mass is 127. The Balaban J connectivity index is 0.00000450. The number of nitrogens with zero attached hydrogens (tertiary/aromatic N) is 1. The summed E-state index contributed by atoms with van der Waals surface area (Å²) < 4.78 is 18.9. The van der Waals surface area contributed by atoms with Crippen LogP contribution in [0.3, 0.4) is 0 Å². The minimum Gasteiger partial charge on any atom is -0.489 e. The van der Waals surface area contributed by atoms with Crippen molar-refractivity contribution in [1.82, 2.24) is 10.6 Å². The molecule has 0 aromatic heterocycles. The van der Waals surface area contributed by atoms with Gasteiger partial charge in [0.15, 0.2) is 5.96 Å². The predicted octanol–water partition coefficient (Wildman–Crippen LogP) is 3.97. The number of anilines is 1. The van der Waals surface area contributed by atoms with Crippen LogP contribution in [0.15, 0.2) is 53.5 Å². The van der Waals surface area contributed by atoms with Crippen LogP contribution in [0.1, 0.15) is 26.3 Å². The van der Waals surface area contributed by atoms with Crippen LogP contribution < -0.4 is 20.7 Å². The number of carbonyl (C=O) groups excluding carboxylic acids is 1. The van der Waals surface area contributed by atoms with Crippen molar-refractivity contribution in [2.45, 2.75) is 33.3 Å². The van der Waals surface area contributed by atoms with Crippen molar-refractivity contribution in [3.8, 4) is 5.75 Å². The van der Waals surface area contributed by atoms with Crippen LogP contribution >= 0.6 is 24.0 Å². The average molecular weight is 528 g/mol. The third kappa shape index (κ3) is 9.91. The molecule has 1 atom stereocenters. The highest BCUT2D eigenvalue weighted by Gasteiger charge is 2.06. The number of ether oxygens (including phenoxy) is 1. The topological polar surface area (TPSA) is 74.8 Å². The minimum absolute atomic E-state index is 0. The Hall–Kier alpha value is -2.36. The van der Waals surface area contributed by atoms with E-state index in [0.29, 0.717) is 24.8 Å². The van der Waals surface area contributed by atoms with Gasteiger partial charge < -0.3 is 20.7 Å². The molecule has 0 saturated carbocycles. The van der Waals surface area contributed by atoms with Gasteiger partial charge in [-0.2, -0.15) is 0 Å². The smallest absolute Gasteiger partial charge is 0.221 e. The van der Waals surface area contributed by atoms with Crippen LogP contribution in [0.2, 0.25) is 0 Å². The van der Waals surface area contributed by atoms with Crippen LogP contribution in [-0.2, 0) is 11.2 Å². The first-order valence-electron chi connectivity index (χ1n) is 9.77. The summed E-state index contributed by atoms with van der Waals surface area (Å²) in [6.07, 6.45) is 0.633. The second-order valence-corrected chi connectivity index (χ2v) is 6.66. The number of benzene rings is 2.